The van der Waals surface area contributed by atoms with Gasteiger partial charge in [0.05, 0.1) is 10.8 Å². The molecule has 20 heavy (non-hydrogen) atoms. The average molecular weight is 304 g/mol. The number of hydrogen-bond acceptors (Lipinski definition) is 0. The maximum absolute atomic E-state index is 13.7. The van der Waals surface area contributed by atoms with Crippen molar-refractivity contribution in [2.24, 2.45) is 46.3 Å². The summed E-state index contributed by atoms with van der Waals surface area (Å²) in [6, 6.07) is 0. The molecule has 0 nitrogen and oxygen atoms in total. The van der Waals surface area contributed by atoms with Crippen molar-refractivity contribution >= 4 is 0 Å². The minimum absolute atomic E-state index is 0.183. The van der Waals surface area contributed by atoms with Gasteiger partial charge in [0.1, 0.15) is 0 Å². The fourth-order valence-corrected chi connectivity index (χ4v) is 6.98. The van der Waals surface area contributed by atoms with Crippen LogP contribution in [0.25, 0.3) is 0 Å². The van der Waals surface area contributed by atoms with Crippen LogP contribution >= 0.6 is 0 Å². The van der Waals surface area contributed by atoms with Crippen molar-refractivity contribution in [1.29, 1.82) is 0 Å². The van der Waals surface area contributed by atoms with Crippen LogP contribution < -0.4 is 0 Å². The summed E-state index contributed by atoms with van der Waals surface area (Å²) < 4.78 is 108. The first kappa shape index (κ1) is 12.0. The van der Waals surface area contributed by atoms with Crippen LogP contribution in [0.4, 0.5) is 35.1 Å². The molecule has 0 amide bonds. The minimum atomic E-state index is -4.97. The van der Waals surface area contributed by atoms with Crippen molar-refractivity contribution in [3.05, 3.63) is 0 Å². The molecule has 6 unspecified atom stereocenters. The van der Waals surface area contributed by atoms with E-state index in [1.807, 2.05) is 0 Å². The molecule has 6 bridgehead atoms. The molecule has 6 rings (SSSR count). The third-order valence-electron chi connectivity index (χ3n) is 7.00. The van der Waals surface area contributed by atoms with Gasteiger partial charge >= 0.3 is 12.4 Å². The van der Waals surface area contributed by atoms with Gasteiger partial charge in [0.2, 0.25) is 0 Å². The Morgan fingerprint density at radius 3 is 1.45 bits per heavy atom. The van der Waals surface area contributed by atoms with Gasteiger partial charge in [-0.05, 0) is 30.1 Å². The van der Waals surface area contributed by atoms with E-state index in [1.165, 1.54) is 0 Å². The molecule has 6 fully saturated rings. The highest BCUT2D eigenvalue weighted by Gasteiger charge is 3.10. The largest absolute Gasteiger partial charge is 0.395 e. The van der Waals surface area contributed by atoms with E-state index in [-0.39, 0.29) is 6.42 Å². The summed E-state index contributed by atoms with van der Waals surface area (Å²) >= 11 is 0. The fraction of sp³-hybridized carbons (Fsp3) is 1.00. The maximum atomic E-state index is 13.7. The van der Waals surface area contributed by atoms with Gasteiger partial charge in [-0.15, -0.1) is 0 Å². The van der Waals surface area contributed by atoms with Crippen LogP contribution in [0.15, 0.2) is 0 Å². The predicted molar refractivity (Wildman–Crippen MR) is 47.5 cm³/mol. The molecule has 0 aromatic rings. The number of fused-ring (bicyclic) bond motifs is 1. The lowest BCUT2D eigenvalue weighted by molar-refractivity contribution is -0.280. The van der Waals surface area contributed by atoms with Crippen LogP contribution in [0.5, 0.6) is 0 Å². The lowest BCUT2D eigenvalue weighted by Gasteiger charge is -2.39. The van der Waals surface area contributed by atoms with Crippen LogP contribution in [0.2, 0.25) is 0 Å². The molecule has 6 aliphatic rings. The zero-order valence-electron chi connectivity index (χ0n) is 9.69. The summed E-state index contributed by atoms with van der Waals surface area (Å²) in [6.07, 6.45) is -10.1. The maximum Gasteiger partial charge on any atom is 0.395 e. The summed E-state index contributed by atoms with van der Waals surface area (Å²) in [5, 5.41) is 0. The molecular formula is C12H8F8. The molecule has 0 radical (unpaired) electrons. The van der Waals surface area contributed by atoms with E-state index in [0.717, 1.165) is 0 Å². The Balaban J connectivity index is 1.80. The summed E-state index contributed by atoms with van der Waals surface area (Å²) in [4.78, 5) is 0. The van der Waals surface area contributed by atoms with Crippen LogP contribution in [-0.2, 0) is 0 Å². The Morgan fingerprint density at radius 1 is 0.750 bits per heavy atom. The Bertz CT molecular complexity index is 503. The van der Waals surface area contributed by atoms with Gasteiger partial charge in [0.15, 0.2) is 0 Å². The molecule has 0 aromatic heterocycles. The summed E-state index contributed by atoms with van der Waals surface area (Å²) in [5.41, 5.74) is -5.54. The molecule has 6 saturated carbocycles. The first-order valence-electron chi connectivity index (χ1n) is 6.47. The van der Waals surface area contributed by atoms with Gasteiger partial charge in [0, 0.05) is 11.8 Å². The van der Waals surface area contributed by atoms with Crippen LogP contribution in [0, 0.1) is 46.3 Å². The normalized spacial score (nSPS) is 63.6. The number of rotatable bonds is 0. The monoisotopic (exact) mass is 304 g/mol. The highest BCUT2D eigenvalue weighted by molar-refractivity contribution is 5.48. The zero-order valence-corrected chi connectivity index (χ0v) is 9.69. The summed E-state index contributed by atoms with van der Waals surface area (Å²) in [7, 11) is 0. The number of alkyl halides is 8. The summed E-state index contributed by atoms with van der Waals surface area (Å²) in [6.45, 7) is 0. The lowest BCUT2D eigenvalue weighted by atomic mass is 9.70. The topological polar surface area (TPSA) is 0 Å². The van der Waals surface area contributed by atoms with Gasteiger partial charge in [0.25, 0.3) is 5.92 Å². The second kappa shape index (κ2) is 2.39. The molecule has 0 N–H and O–H groups in total. The third-order valence-corrected chi connectivity index (χ3v) is 7.00. The van der Waals surface area contributed by atoms with Crippen molar-refractivity contribution in [3.63, 3.8) is 0 Å². The van der Waals surface area contributed by atoms with Crippen LogP contribution in [-0.4, -0.2) is 18.3 Å². The highest BCUT2D eigenvalue weighted by Crippen LogP contribution is 3.03. The van der Waals surface area contributed by atoms with Crippen molar-refractivity contribution < 1.29 is 35.1 Å². The number of hydrogen-bond donors (Lipinski definition) is 0. The van der Waals surface area contributed by atoms with E-state index < -0.39 is 64.6 Å². The van der Waals surface area contributed by atoms with Gasteiger partial charge in [-0.1, -0.05) is 0 Å². The molecule has 6 atom stereocenters. The first-order chi connectivity index (χ1) is 8.96. The van der Waals surface area contributed by atoms with Crippen molar-refractivity contribution in [2.75, 3.05) is 0 Å². The van der Waals surface area contributed by atoms with E-state index in [4.69, 9.17) is 0 Å². The molecular weight excluding hydrogens is 296 g/mol. The van der Waals surface area contributed by atoms with Gasteiger partial charge < -0.3 is 0 Å². The zero-order chi connectivity index (χ0) is 14.7. The second-order valence-corrected chi connectivity index (χ2v) is 7.00. The highest BCUT2D eigenvalue weighted by atomic mass is 19.4. The van der Waals surface area contributed by atoms with Crippen molar-refractivity contribution in [2.45, 2.75) is 24.7 Å². The second-order valence-electron chi connectivity index (χ2n) is 7.00. The van der Waals surface area contributed by atoms with Gasteiger partial charge in [-0.3, -0.25) is 0 Å². The molecule has 0 saturated heterocycles. The standard InChI is InChI=1S/C12H8F8/c13-10(14)6-7(10)9(12(18,19)20)3-1-2-4(5(2)9)8(3,6)11(15,16)17/h2-7H,1H2. The molecule has 0 heterocycles. The molecule has 8 heteroatoms. The molecule has 112 valence electrons. The Kier molecular flexibility index (Phi) is 1.44. The molecule has 6 aliphatic carbocycles. The van der Waals surface area contributed by atoms with Crippen molar-refractivity contribution in [1.82, 2.24) is 0 Å². The van der Waals surface area contributed by atoms with E-state index in [9.17, 15) is 35.1 Å². The Labute approximate surface area is 107 Å². The van der Waals surface area contributed by atoms with E-state index >= 15 is 0 Å². The smallest absolute Gasteiger partial charge is 0.206 e. The van der Waals surface area contributed by atoms with Gasteiger partial charge in [-0.2, -0.15) is 26.3 Å². The minimum Gasteiger partial charge on any atom is -0.206 e. The Hall–Kier alpha value is -0.560. The lowest BCUT2D eigenvalue weighted by Crippen LogP contribution is -2.49. The van der Waals surface area contributed by atoms with Crippen LogP contribution in [0.1, 0.15) is 6.42 Å². The van der Waals surface area contributed by atoms with E-state index in [1.54, 1.807) is 0 Å². The third kappa shape index (κ3) is 0.711. The van der Waals surface area contributed by atoms with Gasteiger partial charge in [-0.25, -0.2) is 8.78 Å². The predicted octanol–water partition coefficient (Wildman–Crippen LogP) is 3.87. The molecule has 0 aromatic carbocycles. The van der Waals surface area contributed by atoms with Crippen LogP contribution in [0.3, 0.4) is 0 Å². The summed E-state index contributed by atoms with van der Waals surface area (Å²) in [5.74, 6) is -12.9. The first-order valence-corrected chi connectivity index (χ1v) is 6.47. The molecule has 0 spiro atoms. The fourth-order valence-electron chi connectivity index (χ4n) is 6.98. The van der Waals surface area contributed by atoms with E-state index in [0.29, 0.717) is 0 Å². The average Bonchev–Trinajstić information content (AvgIpc) is 2.85. The SMILES string of the molecule is FC1(F)C2C1C1(C(F)(F)F)C3C4CC1C2(C(F)(F)F)C43. The number of halogens is 8. The quantitative estimate of drug-likeness (QED) is 0.596. The Morgan fingerprint density at radius 2 is 1.15 bits per heavy atom. The van der Waals surface area contributed by atoms with E-state index in [2.05, 4.69) is 0 Å². The van der Waals surface area contributed by atoms with Crippen molar-refractivity contribution in [3.8, 4) is 0 Å². The molecule has 0 aliphatic heterocycles.